The molecule has 6 nitrogen and oxygen atoms in total. The maximum Gasteiger partial charge on any atom is 0.234 e. The fourth-order valence-electron chi connectivity index (χ4n) is 3.43. The van der Waals surface area contributed by atoms with Gasteiger partial charge in [0.15, 0.2) is 5.82 Å². The number of carbonyl (C=O) groups is 1. The summed E-state index contributed by atoms with van der Waals surface area (Å²) in [5.41, 5.74) is 3.16. The first-order chi connectivity index (χ1) is 14.7. The first-order valence-electron chi connectivity index (χ1n) is 10.1. The van der Waals surface area contributed by atoms with Crippen LogP contribution < -0.4 is 15.1 Å². The normalized spacial score (nSPS) is 13.9. The van der Waals surface area contributed by atoms with Crippen molar-refractivity contribution in [2.24, 2.45) is 0 Å². The van der Waals surface area contributed by atoms with E-state index in [9.17, 15) is 4.79 Å². The number of anilines is 3. The highest BCUT2D eigenvalue weighted by atomic mass is 32.2. The molecule has 0 atom stereocenters. The molecule has 0 radical (unpaired) electrons. The number of thioether (sulfide) groups is 1. The summed E-state index contributed by atoms with van der Waals surface area (Å²) in [6, 6.07) is 22.2. The second kappa shape index (κ2) is 9.63. The topological polar surface area (TPSA) is 61.4 Å². The molecule has 154 valence electrons. The minimum Gasteiger partial charge on any atom is -0.368 e. The van der Waals surface area contributed by atoms with Crippen molar-refractivity contribution in [1.82, 2.24) is 10.2 Å². The number of para-hydroxylation sites is 2. The third-order valence-corrected chi connectivity index (χ3v) is 6.04. The number of piperazine rings is 1. The SMILES string of the molecule is Cc1ccccc1NC(=O)CSc1ccc(N2CCN(c3ccccc3)CC2)nn1. The summed E-state index contributed by atoms with van der Waals surface area (Å²) in [7, 11) is 0. The van der Waals surface area contributed by atoms with Crippen LogP contribution in [0.3, 0.4) is 0 Å². The van der Waals surface area contributed by atoms with Crippen molar-refractivity contribution in [2.45, 2.75) is 11.9 Å². The Bertz CT molecular complexity index is 972. The number of nitrogens with one attached hydrogen (secondary N) is 1. The fourth-order valence-corrected chi connectivity index (χ4v) is 4.04. The summed E-state index contributed by atoms with van der Waals surface area (Å²) < 4.78 is 0. The first-order valence-corrected chi connectivity index (χ1v) is 11.0. The Balaban J connectivity index is 1.26. The van der Waals surface area contributed by atoms with Crippen LogP contribution >= 0.6 is 11.8 Å². The van der Waals surface area contributed by atoms with Gasteiger partial charge in [-0.3, -0.25) is 4.79 Å². The van der Waals surface area contributed by atoms with Gasteiger partial charge in [0.2, 0.25) is 5.91 Å². The molecule has 4 rings (SSSR count). The zero-order chi connectivity index (χ0) is 20.8. The molecule has 0 spiro atoms. The van der Waals surface area contributed by atoms with Crippen LogP contribution in [0.1, 0.15) is 5.56 Å². The third kappa shape index (κ3) is 5.10. The summed E-state index contributed by atoms with van der Waals surface area (Å²) in [4.78, 5) is 16.9. The smallest absolute Gasteiger partial charge is 0.234 e. The lowest BCUT2D eigenvalue weighted by Crippen LogP contribution is -2.46. The Kier molecular flexibility index (Phi) is 6.49. The standard InChI is InChI=1S/C23H25N5OS/c1-18-7-5-6-10-20(18)24-22(29)17-30-23-12-11-21(25-26-23)28-15-13-27(14-16-28)19-8-3-2-4-9-19/h2-12H,13-17H2,1H3,(H,24,29). The molecule has 1 N–H and O–H groups in total. The van der Waals surface area contributed by atoms with E-state index in [4.69, 9.17) is 0 Å². The molecule has 0 aliphatic carbocycles. The number of rotatable bonds is 6. The molecule has 1 aliphatic rings. The van der Waals surface area contributed by atoms with Gasteiger partial charge in [-0.2, -0.15) is 0 Å². The molecular weight excluding hydrogens is 394 g/mol. The minimum absolute atomic E-state index is 0.0442. The number of carbonyl (C=O) groups excluding carboxylic acids is 1. The Morgan fingerprint density at radius 1 is 0.900 bits per heavy atom. The van der Waals surface area contributed by atoms with Gasteiger partial charge in [-0.1, -0.05) is 48.2 Å². The highest BCUT2D eigenvalue weighted by molar-refractivity contribution is 7.99. The van der Waals surface area contributed by atoms with Gasteiger partial charge in [-0.15, -0.1) is 10.2 Å². The number of amides is 1. The highest BCUT2D eigenvalue weighted by Crippen LogP contribution is 2.21. The molecule has 0 unspecified atom stereocenters. The van der Waals surface area contributed by atoms with E-state index in [1.165, 1.54) is 17.4 Å². The predicted molar refractivity (Wildman–Crippen MR) is 123 cm³/mol. The Morgan fingerprint density at radius 2 is 1.60 bits per heavy atom. The summed E-state index contributed by atoms with van der Waals surface area (Å²) in [5, 5.41) is 12.4. The Hall–Kier alpha value is -3.06. The molecule has 1 aromatic heterocycles. The molecule has 2 aromatic carbocycles. The van der Waals surface area contributed by atoms with Crippen LogP contribution in [-0.2, 0) is 4.79 Å². The zero-order valence-corrected chi connectivity index (χ0v) is 17.8. The maximum absolute atomic E-state index is 12.2. The molecular formula is C23H25N5OS. The molecule has 1 amide bonds. The van der Waals surface area contributed by atoms with Crippen LogP contribution in [0.5, 0.6) is 0 Å². The van der Waals surface area contributed by atoms with E-state index in [2.05, 4.69) is 49.6 Å². The summed E-state index contributed by atoms with van der Waals surface area (Å²) >= 11 is 1.39. The molecule has 0 bridgehead atoms. The number of aryl methyl sites for hydroxylation is 1. The number of benzene rings is 2. The Morgan fingerprint density at radius 3 is 2.30 bits per heavy atom. The van der Waals surface area contributed by atoms with Crippen molar-refractivity contribution in [3.05, 3.63) is 72.3 Å². The lowest BCUT2D eigenvalue weighted by atomic mass is 10.2. The van der Waals surface area contributed by atoms with Crippen molar-refractivity contribution in [3.8, 4) is 0 Å². The predicted octanol–water partition coefficient (Wildman–Crippen LogP) is 3.84. The molecule has 1 aliphatic heterocycles. The van der Waals surface area contributed by atoms with Gasteiger partial charge in [0, 0.05) is 37.6 Å². The average molecular weight is 420 g/mol. The van der Waals surface area contributed by atoms with Gasteiger partial charge in [-0.25, -0.2) is 0 Å². The molecule has 7 heteroatoms. The van der Waals surface area contributed by atoms with Gasteiger partial charge >= 0.3 is 0 Å². The van der Waals surface area contributed by atoms with Crippen molar-refractivity contribution >= 4 is 34.9 Å². The third-order valence-electron chi connectivity index (χ3n) is 5.12. The second-order valence-electron chi connectivity index (χ2n) is 7.19. The summed E-state index contributed by atoms with van der Waals surface area (Å²) in [6.45, 7) is 5.72. The van der Waals surface area contributed by atoms with E-state index in [1.54, 1.807) is 0 Å². The van der Waals surface area contributed by atoms with E-state index < -0.39 is 0 Å². The number of aromatic nitrogens is 2. The van der Waals surface area contributed by atoms with Crippen molar-refractivity contribution < 1.29 is 4.79 Å². The van der Waals surface area contributed by atoms with Crippen LogP contribution in [0.15, 0.2) is 71.8 Å². The first kappa shape index (κ1) is 20.2. The average Bonchev–Trinajstić information content (AvgIpc) is 2.80. The van der Waals surface area contributed by atoms with Crippen LogP contribution in [-0.4, -0.2) is 48.0 Å². The maximum atomic E-state index is 12.2. The number of hydrogen-bond donors (Lipinski definition) is 1. The highest BCUT2D eigenvalue weighted by Gasteiger charge is 2.18. The molecule has 1 saturated heterocycles. The number of nitrogens with zero attached hydrogens (tertiary/aromatic N) is 4. The van der Waals surface area contributed by atoms with Gasteiger partial charge in [-0.05, 0) is 42.8 Å². The van der Waals surface area contributed by atoms with Crippen LogP contribution in [0.4, 0.5) is 17.2 Å². The van der Waals surface area contributed by atoms with Crippen molar-refractivity contribution in [3.63, 3.8) is 0 Å². The van der Waals surface area contributed by atoms with Gasteiger partial charge in [0.25, 0.3) is 0 Å². The summed E-state index contributed by atoms with van der Waals surface area (Å²) in [5.74, 6) is 1.15. The largest absolute Gasteiger partial charge is 0.368 e. The zero-order valence-electron chi connectivity index (χ0n) is 17.0. The molecule has 3 aromatic rings. The lowest BCUT2D eigenvalue weighted by molar-refractivity contribution is -0.113. The van der Waals surface area contributed by atoms with E-state index in [-0.39, 0.29) is 5.91 Å². The quantitative estimate of drug-likeness (QED) is 0.613. The molecule has 0 saturated carbocycles. The number of hydrogen-bond acceptors (Lipinski definition) is 6. The molecule has 2 heterocycles. The summed E-state index contributed by atoms with van der Waals surface area (Å²) in [6.07, 6.45) is 0. The van der Waals surface area contributed by atoms with Crippen LogP contribution in [0.2, 0.25) is 0 Å². The minimum atomic E-state index is -0.0442. The fraction of sp³-hybridized carbons (Fsp3) is 0.261. The van der Waals surface area contributed by atoms with Gasteiger partial charge in [0.05, 0.1) is 5.75 Å². The lowest BCUT2D eigenvalue weighted by Gasteiger charge is -2.36. The van der Waals surface area contributed by atoms with Crippen LogP contribution in [0.25, 0.3) is 0 Å². The van der Waals surface area contributed by atoms with E-state index in [0.717, 1.165) is 48.3 Å². The van der Waals surface area contributed by atoms with E-state index in [1.807, 2.05) is 49.4 Å². The second-order valence-corrected chi connectivity index (χ2v) is 8.19. The van der Waals surface area contributed by atoms with E-state index >= 15 is 0 Å². The van der Waals surface area contributed by atoms with Gasteiger partial charge < -0.3 is 15.1 Å². The molecule has 1 fully saturated rings. The molecule has 30 heavy (non-hydrogen) atoms. The van der Waals surface area contributed by atoms with Crippen LogP contribution in [0, 0.1) is 6.92 Å². The van der Waals surface area contributed by atoms with Crippen molar-refractivity contribution in [2.75, 3.05) is 47.0 Å². The van der Waals surface area contributed by atoms with Crippen molar-refractivity contribution in [1.29, 1.82) is 0 Å². The monoisotopic (exact) mass is 419 g/mol. The van der Waals surface area contributed by atoms with E-state index in [0.29, 0.717) is 5.75 Å². The Labute approximate surface area is 181 Å². The van der Waals surface area contributed by atoms with Gasteiger partial charge in [0.1, 0.15) is 5.03 Å².